The smallest absolute Gasteiger partial charge is 0.276 e. The van der Waals surface area contributed by atoms with Gasteiger partial charge in [0.25, 0.3) is 11.8 Å². The maximum Gasteiger partial charge on any atom is 0.276 e. The van der Waals surface area contributed by atoms with E-state index in [1.165, 1.54) is 24.4 Å². The molecule has 0 aliphatic carbocycles. The van der Waals surface area contributed by atoms with Crippen LogP contribution in [0, 0.1) is 11.8 Å². The third-order valence-electron chi connectivity index (χ3n) is 5.65. The Hall–Kier alpha value is -3.23. The summed E-state index contributed by atoms with van der Waals surface area (Å²) in [6.45, 7) is 0.455. The average Bonchev–Trinajstić information content (AvgIpc) is 3.18. The van der Waals surface area contributed by atoms with Crippen LogP contribution >= 0.6 is 0 Å². The Labute approximate surface area is 164 Å². The van der Waals surface area contributed by atoms with E-state index in [-0.39, 0.29) is 23.8 Å². The molecule has 5 rings (SSSR count). The predicted molar refractivity (Wildman–Crippen MR) is 96.8 cm³/mol. The second kappa shape index (κ2) is 6.98. The van der Waals surface area contributed by atoms with Crippen molar-refractivity contribution >= 4 is 5.91 Å². The molecular weight excluding hydrogens is 380 g/mol. The maximum absolute atomic E-state index is 13.5. The highest BCUT2D eigenvalue weighted by Crippen LogP contribution is 2.34. The maximum atomic E-state index is 13.5. The van der Waals surface area contributed by atoms with E-state index in [2.05, 4.69) is 20.1 Å². The van der Waals surface area contributed by atoms with Crippen molar-refractivity contribution in [2.24, 2.45) is 0 Å². The molecule has 2 atom stereocenters. The van der Waals surface area contributed by atoms with Gasteiger partial charge in [-0.15, -0.1) is 0 Å². The number of piperidine rings is 1. The number of carbonyl (C=O) groups is 1. The topological polar surface area (TPSA) is 85.0 Å². The first-order valence-corrected chi connectivity index (χ1v) is 9.49. The molecule has 0 aromatic carbocycles. The summed E-state index contributed by atoms with van der Waals surface area (Å²) >= 11 is 0. The molecule has 29 heavy (non-hydrogen) atoms. The van der Waals surface area contributed by atoms with Crippen LogP contribution in [0.2, 0.25) is 0 Å². The third kappa shape index (κ3) is 3.26. The lowest BCUT2D eigenvalue weighted by atomic mass is 9.90. The number of rotatable bonds is 2. The van der Waals surface area contributed by atoms with Crippen molar-refractivity contribution in [2.45, 2.75) is 37.6 Å². The van der Waals surface area contributed by atoms with Crippen molar-refractivity contribution in [3.05, 3.63) is 59.3 Å². The van der Waals surface area contributed by atoms with Crippen LogP contribution in [0.1, 0.15) is 46.9 Å². The van der Waals surface area contributed by atoms with Crippen molar-refractivity contribution in [3.8, 4) is 11.6 Å². The Morgan fingerprint density at radius 2 is 2.00 bits per heavy atom. The highest BCUT2D eigenvalue weighted by atomic mass is 19.1. The van der Waals surface area contributed by atoms with Gasteiger partial charge in [0, 0.05) is 24.7 Å². The predicted octanol–water partition coefficient (Wildman–Crippen LogP) is 3.14. The van der Waals surface area contributed by atoms with Crippen LogP contribution < -0.4 is 0 Å². The van der Waals surface area contributed by atoms with Crippen LogP contribution in [-0.2, 0) is 6.42 Å². The highest BCUT2D eigenvalue weighted by molar-refractivity contribution is 5.96. The summed E-state index contributed by atoms with van der Waals surface area (Å²) in [5.41, 5.74) is 1.56. The Morgan fingerprint density at radius 1 is 1.10 bits per heavy atom. The minimum absolute atomic E-state index is 0.0805. The van der Waals surface area contributed by atoms with E-state index in [1.807, 2.05) is 4.90 Å². The van der Waals surface area contributed by atoms with E-state index in [0.29, 0.717) is 35.6 Å². The van der Waals surface area contributed by atoms with Gasteiger partial charge in [-0.25, -0.2) is 14.4 Å². The third-order valence-corrected chi connectivity index (χ3v) is 5.65. The molecule has 0 radical (unpaired) electrons. The number of aryl methyl sites for hydroxylation is 1. The first-order chi connectivity index (χ1) is 14.1. The van der Waals surface area contributed by atoms with Gasteiger partial charge < -0.3 is 9.42 Å². The Kier molecular flexibility index (Phi) is 4.30. The number of fused-ring (bicyclic) bond motifs is 2. The summed E-state index contributed by atoms with van der Waals surface area (Å²) in [5.74, 6) is -0.510. The number of hydrogen-bond acceptors (Lipinski definition) is 6. The fourth-order valence-electron chi connectivity index (χ4n) is 4.14. The van der Waals surface area contributed by atoms with Gasteiger partial charge in [-0.05, 0) is 49.4 Å². The van der Waals surface area contributed by atoms with Crippen LogP contribution in [0.3, 0.4) is 0 Å². The van der Waals surface area contributed by atoms with Crippen LogP contribution in [0.4, 0.5) is 8.78 Å². The lowest BCUT2D eigenvalue weighted by Crippen LogP contribution is -2.45. The molecular formula is C20H17F2N5O2. The van der Waals surface area contributed by atoms with Gasteiger partial charge in [0.2, 0.25) is 5.95 Å². The number of halogens is 2. The normalized spacial score (nSPS) is 21.4. The minimum atomic E-state index is -0.567. The molecule has 2 aliphatic rings. The number of pyridine rings is 2. The molecule has 148 valence electrons. The standard InChI is InChI=1S/C20H17F2N5O2/c21-13-3-6-16(23-8-13)19-25-18(26-29-19)12-2-5-14-4-1-11-7-17(22)24-9-15(11)20(28)27(14)10-12/h3,6-9,12,14H,1-2,4-5,10H2/t12-,14-/m0/s1. The molecule has 1 fully saturated rings. The number of hydrogen-bond donors (Lipinski definition) is 0. The van der Waals surface area contributed by atoms with Gasteiger partial charge in [-0.1, -0.05) is 5.16 Å². The fourth-order valence-corrected chi connectivity index (χ4v) is 4.14. The largest absolute Gasteiger partial charge is 0.335 e. The Morgan fingerprint density at radius 3 is 2.83 bits per heavy atom. The Balaban J connectivity index is 1.39. The van der Waals surface area contributed by atoms with Gasteiger partial charge in [0.15, 0.2) is 5.82 Å². The van der Waals surface area contributed by atoms with Crippen LogP contribution in [-0.4, -0.2) is 43.5 Å². The summed E-state index contributed by atoms with van der Waals surface area (Å²) in [6.07, 6.45) is 5.47. The van der Waals surface area contributed by atoms with Crippen molar-refractivity contribution in [1.82, 2.24) is 25.0 Å². The zero-order valence-electron chi connectivity index (χ0n) is 15.4. The first-order valence-electron chi connectivity index (χ1n) is 9.49. The number of amides is 1. The molecule has 2 aliphatic heterocycles. The molecule has 0 bridgehead atoms. The van der Waals surface area contributed by atoms with E-state index >= 15 is 0 Å². The molecule has 0 spiro atoms. The molecule has 1 saturated heterocycles. The number of aromatic nitrogens is 4. The SMILES string of the molecule is O=C1c2cnc(F)cc2CC[C@H]2CC[C@H](c3noc(-c4ccc(F)cn4)n3)CN12. The molecule has 9 heteroatoms. The molecule has 0 unspecified atom stereocenters. The van der Waals surface area contributed by atoms with Crippen molar-refractivity contribution in [3.63, 3.8) is 0 Å². The molecule has 3 aromatic rings. The van der Waals surface area contributed by atoms with E-state index in [0.717, 1.165) is 25.5 Å². The summed E-state index contributed by atoms with van der Waals surface area (Å²) in [7, 11) is 0. The highest BCUT2D eigenvalue weighted by Gasteiger charge is 2.37. The zero-order valence-corrected chi connectivity index (χ0v) is 15.4. The second-order valence-corrected chi connectivity index (χ2v) is 7.41. The van der Waals surface area contributed by atoms with Gasteiger partial charge in [0.1, 0.15) is 11.5 Å². The zero-order chi connectivity index (χ0) is 20.0. The van der Waals surface area contributed by atoms with Crippen LogP contribution in [0.15, 0.2) is 35.1 Å². The summed E-state index contributed by atoms with van der Waals surface area (Å²) in [4.78, 5) is 26.9. The quantitative estimate of drug-likeness (QED) is 0.618. The summed E-state index contributed by atoms with van der Waals surface area (Å²) in [6, 6.07) is 4.20. The van der Waals surface area contributed by atoms with Crippen molar-refractivity contribution in [1.29, 1.82) is 0 Å². The lowest BCUT2D eigenvalue weighted by Gasteiger charge is -2.37. The first kappa shape index (κ1) is 17.8. The molecule has 1 amide bonds. The molecule has 0 saturated carbocycles. The van der Waals surface area contributed by atoms with E-state index in [1.54, 1.807) is 0 Å². The number of carbonyl (C=O) groups excluding carboxylic acids is 1. The van der Waals surface area contributed by atoms with E-state index in [9.17, 15) is 13.6 Å². The summed E-state index contributed by atoms with van der Waals surface area (Å²) < 4.78 is 31.8. The van der Waals surface area contributed by atoms with Gasteiger partial charge in [-0.2, -0.15) is 9.37 Å². The van der Waals surface area contributed by atoms with Gasteiger partial charge in [-0.3, -0.25) is 4.79 Å². The molecule has 7 nitrogen and oxygen atoms in total. The van der Waals surface area contributed by atoms with Crippen molar-refractivity contribution < 1.29 is 18.1 Å². The van der Waals surface area contributed by atoms with E-state index < -0.39 is 11.8 Å². The average molecular weight is 397 g/mol. The minimum Gasteiger partial charge on any atom is -0.335 e. The molecule has 5 heterocycles. The van der Waals surface area contributed by atoms with Crippen LogP contribution in [0.25, 0.3) is 11.6 Å². The lowest BCUT2D eigenvalue weighted by molar-refractivity contribution is 0.0582. The van der Waals surface area contributed by atoms with Crippen LogP contribution in [0.5, 0.6) is 0 Å². The fraction of sp³-hybridized carbons (Fsp3) is 0.350. The van der Waals surface area contributed by atoms with Gasteiger partial charge >= 0.3 is 0 Å². The monoisotopic (exact) mass is 397 g/mol. The van der Waals surface area contributed by atoms with Crippen molar-refractivity contribution in [2.75, 3.05) is 6.54 Å². The number of nitrogens with zero attached hydrogens (tertiary/aromatic N) is 5. The molecule has 0 N–H and O–H groups in total. The second-order valence-electron chi connectivity index (χ2n) is 7.41. The van der Waals surface area contributed by atoms with E-state index in [4.69, 9.17) is 4.52 Å². The summed E-state index contributed by atoms with van der Waals surface area (Å²) in [5, 5.41) is 4.06. The Bertz CT molecular complexity index is 1070. The van der Waals surface area contributed by atoms with Gasteiger partial charge in [0.05, 0.1) is 11.8 Å². The molecule has 3 aromatic heterocycles.